The number of benzene rings is 2. The largest absolute Gasteiger partial charge is 0.496 e. The van der Waals surface area contributed by atoms with Gasteiger partial charge in [0.05, 0.1) is 14.2 Å². The Morgan fingerprint density at radius 3 is 2.17 bits per heavy atom. The first-order chi connectivity index (χ1) is 11.4. The lowest BCUT2D eigenvalue weighted by molar-refractivity contribution is -0.122. The molecule has 0 aliphatic carbocycles. The van der Waals surface area contributed by atoms with E-state index in [1.54, 1.807) is 44.2 Å². The van der Waals surface area contributed by atoms with Crippen LogP contribution >= 0.6 is 0 Å². The summed E-state index contributed by atoms with van der Waals surface area (Å²) < 4.78 is 29.5. The van der Waals surface area contributed by atoms with E-state index in [0.29, 0.717) is 28.5 Å². The molecule has 2 aromatic carbocycles. The SMILES string of the molecule is COc1cc(OC)cc(O[C@@H](C)C(=O)Nc2ccc(C)c(F)c2)c1. The summed E-state index contributed by atoms with van der Waals surface area (Å²) in [5.41, 5.74) is 0.891. The van der Waals surface area contributed by atoms with Crippen LogP contribution in [0.3, 0.4) is 0 Å². The first-order valence-corrected chi connectivity index (χ1v) is 7.39. The summed E-state index contributed by atoms with van der Waals surface area (Å²) >= 11 is 0. The average Bonchev–Trinajstić information content (AvgIpc) is 2.57. The standard InChI is InChI=1S/C18H20FNO4/c1-11-5-6-13(7-17(11)19)20-18(21)12(2)24-16-9-14(22-3)8-15(10-16)23-4/h5-10,12H,1-4H3,(H,20,21)/t12-/m0/s1. The first-order valence-electron chi connectivity index (χ1n) is 7.39. The normalized spacial score (nSPS) is 11.5. The Hall–Kier alpha value is -2.76. The van der Waals surface area contributed by atoms with Crippen LogP contribution in [-0.2, 0) is 4.79 Å². The van der Waals surface area contributed by atoms with E-state index in [1.165, 1.54) is 20.3 Å². The molecule has 24 heavy (non-hydrogen) atoms. The van der Waals surface area contributed by atoms with Crippen molar-refractivity contribution in [3.8, 4) is 17.2 Å². The van der Waals surface area contributed by atoms with Gasteiger partial charge in [-0.1, -0.05) is 6.07 Å². The minimum Gasteiger partial charge on any atom is -0.496 e. The van der Waals surface area contributed by atoms with Crippen molar-refractivity contribution in [2.75, 3.05) is 19.5 Å². The van der Waals surface area contributed by atoms with Crippen LogP contribution in [0.5, 0.6) is 17.2 Å². The Labute approximate surface area is 140 Å². The van der Waals surface area contributed by atoms with Gasteiger partial charge in [0, 0.05) is 23.9 Å². The van der Waals surface area contributed by atoms with Gasteiger partial charge in [-0.2, -0.15) is 0 Å². The molecule has 0 saturated heterocycles. The van der Waals surface area contributed by atoms with E-state index in [1.807, 2.05) is 0 Å². The third-order valence-corrected chi connectivity index (χ3v) is 3.45. The zero-order chi connectivity index (χ0) is 17.7. The maximum absolute atomic E-state index is 13.5. The highest BCUT2D eigenvalue weighted by molar-refractivity contribution is 5.94. The van der Waals surface area contributed by atoms with Crippen molar-refractivity contribution in [3.63, 3.8) is 0 Å². The number of carbonyl (C=O) groups excluding carboxylic acids is 1. The smallest absolute Gasteiger partial charge is 0.265 e. The quantitative estimate of drug-likeness (QED) is 0.878. The Balaban J connectivity index is 2.07. The molecular weight excluding hydrogens is 313 g/mol. The highest BCUT2D eigenvalue weighted by Gasteiger charge is 2.16. The van der Waals surface area contributed by atoms with Crippen molar-refractivity contribution in [1.29, 1.82) is 0 Å². The second kappa shape index (κ2) is 7.68. The molecule has 5 nitrogen and oxygen atoms in total. The van der Waals surface area contributed by atoms with Crippen LogP contribution in [0, 0.1) is 12.7 Å². The number of halogens is 1. The molecule has 1 atom stereocenters. The number of hydrogen-bond acceptors (Lipinski definition) is 4. The molecule has 0 saturated carbocycles. The van der Waals surface area contributed by atoms with Crippen molar-refractivity contribution in [1.82, 2.24) is 0 Å². The maximum atomic E-state index is 13.5. The van der Waals surface area contributed by atoms with Crippen LogP contribution in [0.4, 0.5) is 10.1 Å². The molecule has 2 rings (SSSR count). The van der Waals surface area contributed by atoms with Crippen LogP contribution < -0.4 is 19.5 Å². The fraction of sp³-hybridized carbons (Fsp3) is 0.278. The first kappa shape index (κ1) is 17.6. The number of carbonyl (C=O) groups is 1. The molecule has 0 aliphatic heterocycles. The predicted octanol–water partition coefficient (Wildman–Crippen LogP) is 3.56. The molecule has 0 radical (unpaired) electrons. The van der Waals surface area contributed by atoms with Crippen LogP contribution in [0.1, 0.15) is 12.5 Å². The van der Waals surface area contributed by atoms with Crippen molar-refractivity contribution in [2.45, 2.75) is 20.0 Å². The van der Waals surface area contributed by atoms with Gasteiger partial charge in [-0.15, -0.1) is 0 Å². The molecule has 1 amide bonds. The summed E-state index contributed by atoms with van der Waals surface area (Å²) in [5.74, 6) is 0.776. The molecule has 128 valence electrons. The van der Waals surface area contributed by atoms with E-state index >= 15 is 0 Å². The molecule has 6 heteroatoms. The molecule has 0 aromatic heterocycles. The van der Waals surface area contributed by atoms with Gasteiger partial charge >= 0.3 is 0 Å². The van der Waals surface area contributed by atoms with E-state index in [4.69, 9.17) is 14.2 Å². The van der Waals surface area contributed by atoms with Gasteiger partial charge in [-0.25, -0.2) is 4.39 Å². The van der Waals surface area contributed by atoms with E-state index in [-0.39, 0.29) is 11.7 Å². The van der Waals surface area contributed by atoms with Crippen LogP contribution in [0.2, 0.25) is 0 Å². The van der Waals surface area contributed by atoms with Gasteiger partial charge in [0.1, 0.15) is 23.1 Å². The van der Waals surface area contributed by atoms with E-state index in [0.717, 1.165) is 0 Å². The number of amides is 1. The lowest BCUT2D eigenvalue weighted by Gasteiger charge is -2.16. The Morgan fingerprint density at radius 1 is 1.04 bits per heavy atom. The minimum atomic E-state index is -0.786. The van der Waals surface area contributed by atoms with Crippen LogP contribution in [-0.4, -0.2) is 26.2 Å². The van der Waals surface area contributed by atoms with E-state index in [9.17, 15) is 9.18 Å². The minimum absolute atomic E-state index is 0.376. The monoisotopic (exact) mass is 333 g/mol. The summed E-state index contributed by atoms with van der Waals surface area (Å²) in [6, 6.07) is 9.51. The predicted molar refractivity (Wildman–Crippen MR) is 89.4 cm³/mol. The zero-order valence-corrected chi connectivity index (χ0v) is 14.1. The Bertz CT molecular complexity index is 711. The molecule has 0 spiro atoms. The van der Waals surface area contributed by atoms with E-state index in [2.05, 4.69) is 5.32 Å². The number of aryl methyl sites for hydroxylation is 1. The highest BCUT2D eigenvalue weighted by atomic mass is 19.1. The van der Waals surface area contributed by atoms with Crippen molar-refractivity contribution >= 4 is 11.6 Å². The third kappa shape index (κ3) is 4.38. The van der Waals surface area contributed by atoms with Gasteiger partial charge in [0.25, 0.3) is 5.91 Å². The fourth-order valence-corrected chi connectivity index (χ4v) is 2.02. The highest BCUT2D eigenvalue weighted by Crippen LogP contribution is 2.28. The molecule has 0 aliphatic rings. The molecular formula is C18H20FNO4. The van der Waals surface area contributed by atoms with Crippen LogP contribution in [0.25, 0.3) is 0 Å². The number of hydrogen-bond donors (Lipinski definition) is 1. The average molecular weight is 333 g/mol. The third-order valence-electron chi connectivity index (χ3n) is 3.45. The van der Waals surface area contributed by atoms with Gasteiger partial charge < -0.3 is 19.5 Å². The number of rotatable bonds is 6. The molecule has 0 bridgehead atoms. The van der Waals surface area contributed by atoms with Gasteiger partial charge in [-0.05, 0) is 31.5 Å². The van der Waals surface area contributed by atoms with Crippen molar-refractivity contribution in [2.24, 2.45) is 0 Å². The van der Waals surface area contributed by atoms with Crippen LogP contribution in [0.15, 0.2) is 36.4 Å². The molecule has 0 heterocycles. The summed E-state index contributed by atoms with van der Waals surface area (Å²) in [6.45, 7) is 3.26. The molecule has 1 N–H and O–H groups in total. The molecule has 0 unspecified atom stereocenters. The zero-order valence-electron chi connectivity index (χ0n) is 14.1. The van der Waals surface area contributed by atoms with Crippen molar-refractivity contribution in [3.05, 3.63) is 47.8 Å². The van der Waals surface area contributed by atoms with E-state index < -0.39 is 6.10 Å². The van der Waals surface area contributed by atoms with Gasteiger partial charge in [0.2, 0.25) is 0 Å². The summed E-state index contributed by atoms with van der Waals surface area (Å²) in [6.07, 6.45) is -0.786. The summed E-state index contributed by atoms with van der Waals surface area (Å²) in [5, 5.41) is 2.62. The molecule has 0 fully saturated rings. The number of nitrogens with one attached hydrogen (secondary N) is 1. The molecule has 2 aromatic rings. The fourth-order valence-electron chi connectivity index (χ4n) is 2.02. The number of anilines is 1. The van der Waals surface area contributed by atoms with Gasteiger partial charge in [-0.3, -0.25) is 4.79 Å². The van der Waals surface area contributed by atoms with Crippen molar-refractivity contribution < 1.29 is 23.4 Å². The lowest BCUT2D eigenvalue weighted by Crippen LogP contribution is -2.30. The maximum Gasteiger partial charge on any atom is 0.265 e. The Morgan fingerprint density at radius 2 is 1.62 bits per heavy atom. The lowest BCUT2D eigenvalue weighted by atomic mass is 10.2. The second-order valence-electron chi connectivity index (χ2n) is 5.26. The number of methoxy groups -OCH3 is 2. The summed E-state index contributed by atoms with van der Waals surface area (Å²) in [7, 11) is 3.06. The number of ether oxygens (including phenoxy) is 3. The topological polar surface area (TPSA) is 56.8 Å². The second-order valence-corrected chi connectivity index (χ2v) is 5.26. The Kier molecular flexibility index (Phi) is 5.63. The summed E-state index contributed by atoms with van der Waals surface area (Å²) in [4.78, 5) is 12.2. The van der Waals surface area contributed by atoms with Gasteiger partial charge in [0.15, 0.2) is 6.10 Å².